The molecule has 0 saturated heterocycles. The number of rotatable bonds is 8. The van der Waals surface area contributed by atoms with Gasteiger partial charge >= 0.3 is 0 Å². The zero-order valence-electron chi connectivity index (χ0n) is 43.6. The summed E-state index contributed by atoms with van der Waals surface area (Å²) in [5, 5.41) is 9.28. The molecule has 0 saturated carbocycles. The summed E-state index contributed by atoms with van der Waals surface area (Å²) in [5.74, 6) is 1.70. The van der Waals surface area contributed by atoms with Gasteiger partial charge in [0.05, 0.1) is 11.4 Å². The summed E-state index contributed by atoms with van der Waals surface area (Å²) in [4.78, 5) is 4.72. The third-order valence-corrected chi connectivity index (χ3v) is 16.8. The molecule has 1 aliphatic carbocycles. The number of para-hydroxylation sites is 4. The molecule has 1 aromatic heterocycles. The Kier molecular flexibility index (Phi) is 9.95. The summed E-state index contributed by atoms with van der Waals surface area (Å²) in [7, 11) is 0. The summed E-state index contributed by atoms with van der Waals surface area (Å²) in [6, 6.07) is 96.7. The second kappa shape index (κ2) is 17.4. The summed E-state index contributed by atoms with van der Waals surface area (Å²) in [5.41, 5.74) is 20.0. The van der Waals surface area contributed by atoms with Crippen molar-refractivity contribution in [2.24, 2.45) is 0 Å². The molecule has 4 nitrogen and oxygen atoms in total. The molecule has 0 spiro atoms. The van der Waals surface area contributed by atoms with E-state index in [1.807, 2.05) is 6.07 Å². The molecule has 14 aromatic rings. The molecule has 372 valence electrons. The lowest BCUT2D eigenvalue weighted by molar-refractivity contribution is 0.487. The third kappa shape index (κ3) is 6.94. The molecule has 0 radical (unpaired) electrons. The molecule has 0 N–H and O–H groups in total. The van der Waals surface area contributed by atoms with E-state index in [4.69, 9.17) is 9.15 Å². The van der Waals surface area contributed by atoms with E-state index in [0.29, 0.717) is 0 Å². The van der Waals surface area contributed by atoms with E-state index in [1.54, 1.807) is 0 Å². The van der Waals surface area contributed by atoms with Gasteiger partial charge in [-0.15, -0.1) is 0 Å². The maximum atomic E-state index is 7.06. The number of nitrogens with zero attached hydrogens (tertiary/aromatic N) is 2. The van der Waals surface area contributed by atoms with Crippen LogP contribution in [0, 0.1) is 0 Å². The highest BCUT2D eigenvalue weighted by Gasteiger charge is 2.36. The highest BCUT2D eigenvalue weighted by atomic mass is 16.5. The SMILES string of the molecule is CC1(C)c2ccccc2-c2ccc(N(c3ccccc3)c3ccc4c(c3)Oc3cccc5c3c-4cc3c4ccccc4c(-c4ccc(N(c6ccccc6-c6ccccc6)c6cccc7c6oc6ccccc67)cc4)cc53)cc21. The minimum absolute atomic E-state index is 0.129. The van der Waals surface area contributed by atoms with Gasteiger partial charge in [0.25, 0.3) is 0 Å². The second-order valence-electron chi connectivity index (χ2n) is 21.5. The lowest BCUT2D eigenvalue weighted by atomic mass is 9.82. The molecule has 13 aromatic carbocycles. The van der Waals surface area contributed by atoms with Crippen molar-refractivity contribution in [1.82, 2.24) is 0 Å². The van der Waals surface area contributed by atoms with Crippen LogP contribution in [0.3, 0.4) is 0 Å². The van der Waals surface area contributed by atoms with E-state index in [9.17, 15) is 0 Å². The fraction of sp³-hybridized carbons (Fsp3) is 0.0400. The van der Waals surface area contributed by atoms with Crippen LogP contribution < -0.4 is 14.5 Å². The van der Waals surface area contributed by atoms with Crippen LogP contribution in [0.5, 0.6) is 11.5 Å². The molecular formula is C75H50N2O2. The zero-order valence-corrected chi connectivity index (χ0v) is 43.6. The predicted octanol–water partition coefficient (Wildman–Crippen LogP) is 21.4. The van der Waals surface area contributed by atoms with Crippen LogP contribution in [-0.4, -0.2) is 0 Å². The molecule has 0 unspecified atom stereocenters. The molecular weight excluding hydrogens is 961 g/mol. The average molecular weight is 1010 g/mol. The van der Waals surface area contributed by atoms with Crippen LogP contribution in [0.1, 0.15) is 25.0 Å². The average Bonchev–Trinajstić information content (AvgIpc) is 4.01. The van der Waals surface area contributed by atoms with Gasteiger partial charge in [-0.1, -0.05) is 190 Å². The molecule has 0 atom stereocenters. The summed E-state index contributed by atoms with van der Waals surface area (Å²) in [6.45, 7) is 4.69. The molecule has 2 aliphatic rings. The number of furan rings is 1. The fourth-order valence-electron chi connectivity index (χ4n) is 13.1. The van der Waals surface area contributed by atoms with Gasteiger partial charge in [0, 0.05) is 61.5 Å². The Bertz CT molecular complexity index is 4790. The highest BCUT2D eigenvalue weighted by molar-refractivity contribution is 6.25. The number of fused-ring (bicyclic) bond motifs is 12. The predicted molar refractivity (Wildman–Crippen MR) is 330 cm³/mol. The topological polar surface area (TPSA) is 28.9 Å². The Balaban J connectivity index is 0.822. The number of benzene rings is 13. The van der Waals surface area contributed by atoms with Gasteiger partial charge in [-0.05, 0) is 156 Å². The van der Waals surface area contributed by atoms with Gasteiger partial charge in [-0.25, -0.2) is 0 Å². The van der Waals surface area contributed by atoms with Crippen molar-refractivity contribution < 1.29 is 9.15 Å². The summed E-state index contributed by atoms with van der Waals surface area (Å²) >= 11 is 0. The Morgan fingerprint density at radius 2 is 0.873 bits per heavy atom. The molecule has 0 bridgehead atoms. The van der Waals surface area contributed by atoms with Crippen molar-refractivity contribution in [1.29, 1.82) is 0 Å². The van der Waals surface area contributed by atoms with Crippen LogP contribution in [-0.2, 0) is 5.41 Å². The van der Waals surface area contributed by atoms with Gasteiger partial charge in [-0.3, -0.25) is 0 Å². The smallest absolute Gasteiger partial charge is 0.159 e. The van der Waals surface area contributed by atoms with Crippen molar-refractivity contribution in [2.45, 2.75) is 19.3 Å². The van der Waals surface area contributed by atoms with Crippen molar-refractivity contribution in [2.75, 3.05) is 9.80 Å². The molecule has 2 heterocycles. The lowest BCUT2D eigenvalue weighted by Crippen LogP contribution is -2.16. The van der Waals surface area contributed by atoms with E-state index in [0.717, 1.165) is 95.2 Å². The van der Waals surface area contributed by atoms with Gasteiger partial charge in [-0.2, -0.15) is 0 Å². The first-order valence-electron chi connectivity index (χ1n) is 27.2. The van der Waals surface area contributed by atoms with Crippen LogP contribution in [0.4, 0.5) is 34.1 Å². The Morgan fingerprint density at radius 1 is 0.304 bits per heavy atom. The number of anilines is 6. The number of hydrogen-bond donors (Lipinski definition) is 0. The summed E-state index contributed by atoms with van der Waals surface area (Å²) in [6.07, 6.45) is 0. The van der Waals surface area contributed by atoms with Crippen molar-refractivity contribution in [3.05, 3.63) is 278 Å². The van der Waals surface area contributed by atoms with Crippen molar-refractivity contribution >= 4 is 88.4 Å². The van der Waals surface area contributed by atoms with Gasteiger partial charge in [0.15, 0.2) is 5.58 Å². The molecule has 16 rings (SSSR count). The van der Waals surface area contributed by atoms with Gasteiger partial charge < -0.3 is 19.0 Å². The summed E-state index contributed by atoms with van der Waals surface area (Å²) < 4.78 is 13.8. The molecule has 4 heteroatoms. The van der Waals surface area contributed by atoms with E-state index in [2.05, 4.69) is 285 Å². The van der Waals surface area contributed by atoms with Crippen LogP contribution in [0.25, 0.3) is 98.8 Å². The van der Waals surface area contributed by atoms with Crippen molar-refractivity contribution in [3.8, 4) is 56.0 Å². The molecule has 79 heavy (non-hydrogen) atoms. The first-order valence-corrected chi connectivity index (χ1v) is 27.2. The van der Waals surface area contributed by atoms with E-state index >= 15 is 0 Å². The molecule has 0 fully saturated rings. The molecule has 0 amide bonds. The largest absolute Gasteiger partial charge is 0.456 e. The first kappa shape index (κ1) is 45.1. The Morgan fingerprint density at radius 3 is 1.71 bits per heavy atom. The van der Waals surface area contributed by atoms with Gasteiger partial charge in [0.1, 0.15) is 17.1 Å². The monoisotopic (exact) mass is 1010 g/mol. The van der Waals surface area contributed by atoms with Crippen molar-refractivity contribution in [3.63, 3.8) is 0 Å². The normalized spacial score (nSPS) is 12.9. The minimum Gasteiger partial charge on any atom is -0.456 e. The lowest BCUT2D eigenvalue weighted by Gasteiger charge is -2.29. The Labute approximate surface area is 458 Å². The fourth-order valence-corrected chi connectivity index (χ4v) is 13.1. The third-order valence-electron chi connectivity index (χ3n) is 16.8. The maximum absolute atomic E-state index is 7.06. The second-order valence-corrected chi connectivity index (χ2v) is 21.5. The quantitative estimate of drug-likeness (QED) is 0.142. The Hall–Kier alpha value is -10.2. The van der Waals surface area contributed by atoms with E-state index in [1.165, 1.54) is 60.3 Å². The molecule has 1 aliphatic heterocycles. The zero-order chi connectivity index (χ0) is 52.3. The number of ether oxygens (including phenoxy) is 1. The van der Waals surface area contributed by atoms with Crippen LogP contribution >= 0.6 is 0 Å². The van der Waals surface area contributed by atoms with Crippen LogP contribution in [0.15, 0.2) is 271 Å². The maximum Gasteiger partial charge on any atom is 0.159 e. The van der Waals surface area contributed by atoms with Gasteiger partial charge in [0.2, 0.25) is 0 Å². The standard InChI is InChI=1S/C75H50N2O2/c1-75(2)66-30-14-11-26-56(66)57-41-39-51(43-67(57)75)76(49-21-7-4-8-22-49)52-40-42-59-65-46-63-55-25-10-9-24-54(55)62(45-64(63)60-28-18-34-71(73(60)65)78-72(59)44-52)48-35-37-50(38-36-48)77(68-31-15-12-23-53(68)47-19-5-3-6-20-47)69-32-17-29-61-58-27-13-16-33-70(58)79-74(61)69/h3-46H,1-2H3. The minimum atomic E-state index is -0.129. The van der Waals surface area contributed by atoms with Crippen LogP contribution in [0.2, 0.25) is 0 Å². The number of hydrogen-bond acceptors (Lipinski definition) is 4. The van der Waals surface area contributed by atoms with E-state index in [-0.39, 0.29) is 5.41 Å². The highest BCUT2D eigenvalue weighted by Crippen LogP contribution is 2.54. The first-order chi connectivity index (χ1) is 38.9. The van der Waals surface area contributed by atoms with E-state index < -0.39 is 0 Å².